The van der Waals surface area contributed by atoms with E-state index >= 15 is 0 Å². The molecule has 0 spiro atoms. The van der Waals surface area contributed by atoms with Crippen molar-refractivity contribution in [2.75, 3.05) is 0 Å². The van der Waals surface area contributed by atoms with Gasteiger partial charge in [0.1, 0.15) is 0 Å². The Morgan fingerprint density at radius 2 is 1.76 bits per heavy atom. The van der Waals surface area contributed by atoms with Crippen molar-refractivity contribution in [3.63, 3.8) is 0 Å². The van der Waals surface area contributed by atoms with E-state index in [1.54, 1.807) is 0 Å². The smallest absolute Gasteiger partial charge is 0.303 e. The Kier molecular flexibility index (Phi) is 4.32. The van der Waals surface area contributed by atoms with Gasteiger partial charge >= 0.3 is 5.97 Å². The van der Waals surface area contributed by atoms with E-state index in [-0.39, 0.29) is 0 Å². The highest BCUT2D eigenvalue weighted by atomic mass is 16.4. The van der Waals surface area contributed by atoms with Gasteiger partial charge in [0.05, 0.1) is 0 Å². The lowest BCUT2D eigenvalue weighted by Crippen LogP contribution is -2.53. The molecule has 140 valence electrons. The summed E-state index contributed by atoms with van der Waals surface area (Å²) in [5.74, 6) is 4.04. The van der Waals surface area contributed by atoms with Crippen LogP contribution in [-0.2, 0) is 4.79 Å². The summed E-state index contributed by atoms with van der Waals surface area (Å²) in [4.78, 5) is 11.1. The van der Waals surface area contributed by atoms with E-state index in [1.807, 2.05) is 0 Å². The fourth-order valence-corrected chi connectivity index (χ4v) is 8.21. The number of carboxylic acid groups (broad SMARTS) is 1. The third-order valence-corrected chi connectivity index (χ3v) is 9.60. The number of hydrogen-bond donors (Lipinski definition) is 1. The second-order valence-corrected chi connectivity index (χ2v) is 10.4. The van der Waals surface area contributed by atoms with Gasteiger partial charge in [-0.05, 0) is 104 Å². The average molecular weight is 345 g/mol. The first kappa shape index (κ1) is 17.6. The molecular formula is C23H36O2. The van der Waals surface area contributed by atoms with Crippen LogP contribution in [0.4, 0.5) is 0 Å². The number of hydrogen-bond acceptors (Lipinski definition) is 1. The van der Waals surface area contributed by atoms with Crippen molar-refractivity contribution >= 4 is 5.97 Å². The van der Waals surface area contributed by atoms with Gasteiger partial charge in [0.2, 0.25) is 0 Å². The van der Waals surface area contributed by atoms with Gasteiger partial charge in [-0.25, -0.2) is 0 Å². The summed E-state index contributed by atoms with van der Waals surface area (Å²) in [5, 5.41) is 9.18. The molecule has 2 nitrogen and oxygen atoms in total. The highest BCUT2D eigenvalue weighted by Gasteiger charge is 2.59. The third kappa shape index (κ3) is 2.61. The van der Waals surface area contributed by atoms with Crippen molar-refractivity contribution < 1.29 is 9.90 Å². The molecule has 1 N–H and O–H groups in total. The molecule has 0 bridgehead atoms. The zero-order chi connectivity index (χ0) is 17.8. The lowest BCUT2D eigenvalue weighted by Gasteiger charge is -2.61. The highest BCUT2D eigenvalue weighted by molar-refractivity contribution is 5.67. The average Bonchev–Trinajstić information content (AvgIpc) is 2.91. The summed E-state index contributed by atoms with van der Waals surface area (Å²) in [5.41, 5.74) is 0.984. The third-order valence-electron chi connectivity index (χ3n) is 9.60. The lowest BCUT2D eigenvalue weighted by atomic mass is 9.44. The van der Waals surface area contributed by atoms with Gasteiger partial charge in [0, 0.05) is 6.42 Å². The normalized spacial score (nSPS) is 51.9. The Labute approximate surface area is 153 Å². The molecule has 4 rings (SSSR count). The van der Waals surface area contributed by atoms with Gasteiger partial charge in [0.25, 0.3) is 0 Å². The molecule has 0 aromatic heterocycles. The number of carbonyl (C=O) groups is 1. The predicted octanol–water partition coefficient (Wildman–Crippen LogP) is 5.92. The summed E-state index contributed by atoms with van der Waals surface area (Å²) in [7, 11) is 0. The number of allylic oxidation sites excluding steroid dienone is 1. The van der Waals surface area contributed by atoms with Crippen molar-refractivity contribution in [2.45, 2.75) is 78.1 Å². The predicted molar refractivity (Wildman–Crippen MR) is 101 cm³/mol. The summed E-state index contributed by atoms with van der Waals surface area (Å²) < 4.78 is 0. The maximum absolute atomic E-state index is 11.1. The van der Waals surface area contributed by atoms with Crippen LogP contribution >= 0.6 is 0 Å². The van der Waals surface area contributed by atoms with Crippen molar-refractivity contribution in [1.82, 2.24) is 0 Å². The zero-order valence-corrected chi connectivity index (χ0v) is 16.2. The molecule has 3 unspecified atom stereocenters. The second kappa shape index (κ2) is 6.13. The monoisotopic (exact) mass is 344 g/mol. The largest absolute Gasteiger partial charge is 0.481 e. The van der Waals surface area contributed by atoms with Crippen molar-refractivity contribution in [3.05, 3.63) is 12.7 Å². The first-order valence-electron chi connectivity index (χ1n) is 10.7. The van der Waals surface area contributed by atoms with E-state index in [0.717, 1.165) is 36.0 Å². The van der Waals surface area contributed by atoms with Crippen LogP contribution < -0.4 is 0 Å². The summed E-state index contributed by atoms with van der Waals surface area (Å²) in [6, 6.07) is 0. The van der Waals surface area contributed by atoms with E-state index < -0.39 is 5.97 Å². The molecule has 2 heteroatoms. The lowest BCUT2D eigenvalue weighted by molar-refractivity contribution is -0.141. The maximum atomic E-state index is 11.1. The Morgan fingerprint density at radius 3 is 2.48 bits per heavy atom. The fourth-order valence-electron chi connectivity index (χ4n) is 8.21. The summed E-state index contributed by atoms with van der Waals surface area (Å²) >= 11 is 0. The van der Waals surface area contributed by atoms with E-state index in [1.165, 1.54) is 51.4 Å². The maximum Gasteiger partial charge on any atom is 0.303 e. The van der Waals surface area contributed by atoms with Crippen molar-refractivity contribution in [1.29, 1.82) is 0 Å². The molecular weight excluding hydrogens is 308 g/mol. The molecule has 0 aromatic rings. The molecule has 4 aliphatic carbocycles. The van der Waals surface area contributed by atoms with Crippen LogP contribution in [0.25, 0.3) is 0 Å². The number of rotatable bonds is 3. The molecule has 4 saturated carbocycles. The van der Waals surface area contributed by atoms with Crippen LogP contribution in [0.15, 0.2) is 12.7 Å². The Balaban J connectivity index is 1.53. The van der Waals surface area contributed by atoms with E-state index in [2.05, 4.69) is 26.5 Å². The minimum Gasteiger partial charge on any atom is -0.481 e. The second-order valence-electron chi connectivity index (χ2n) is 10.4. The van der Waals surface area contributed by atoms with Gasteiger partial charge in [-0.1, -0.05) is 19.9 Å². The van der Waals surface area contributed by atoms with Crippen LogP contribution in [0.1, 0.15) is 78.1 Å². The van der Waals surface area contributed by atoms with Crippen LogP contribution in [0.2, 0.25) is 0 Å². The molecule has 0 aliphatic heterocycles. The van der Waals surface area contributed by atoms with Crippen LogP contribution in [-0.4, -0.2) is 11.1 Å². The first-order chi connectivity index (χ1) is 11.9. The molecule has 0 heterocycles. The molecule has 4 fully saturated rings. The Morgan fingerprint density at radius 1 is 1.04 bits per heavy atom. The van der Waals surface area contributed by atoms with Gasteiger partial charge in [-0.15, -0.1) is 6.58 Å². The fraction of sp³-hybridized carbons (Fsp3) is 0.870. The van der Waals surface area contributed by atoms with Crippen molar-refractivity contribution in [2.24, 2.45) is 46.3 Å². The van der Waals surface area contributed by atoms with Crippen LogP contribution in [0.3, 0.4) is 0 Å². The quantitative estimate of drug-likeness (QED) is 0.645. The molecule has 25 heavy (non-hydrogen) atoms. The molecule has 0 radical (unpaired) electrons. The minimum absolute atomic E-state index is 0.391. The Bertz CT molecular complexity index is 554. The molecule has 4 aliphatic rings. The minimum atomic E-state index is -0.600. The molecule has 0 amide bonds. The van der Waals surface area contributed by atoms with Gasteiger partial charge in [-0.2, -0.15) is 0 Å². The standard InChI is InChI=1S/C23H36O2/c1-4-16-6-8-19-18-7-5-17-13-15(14-21(24)25)9-11-23(17,3)20(18)10-12-22(16,19)2/h4,15-20H,1,5-14H2,2-3H3,(H,24,25)/t15-,16-,17-,18?,19?,20?,22+,23-/m0/s1. The van der Waals surface area contributed by atoms with Gasteiger partial charge < -0.3 is 5.11 Å². The van der Waals surface area contributed by atoms with Crippen LogP contribution in [0, 0.1) is 46.3 Å². The summed E-state index contributed by atoms with van der Waals surface area (Å²) in [6.45, 7) is 9.28. The topological polar surface area (TPSA) is 37.3 Å². The number of carboxylic acids is 1. The summed E-state index contributed by atoms with van der Waals surface area (Å²) in [6.07, 6.45) is 14.5. The van der Waals surface area contributed by atoms with Gasteiger partial charge in [-0.3, -0.25) is 4.79 Å². The number of aliphatic carboxylic acids is 1. The van der Waals surface area contributed by atoms with Crippen molar-refractivity contribution in [3.8, 4) is 0 Å². The molecule has 0 saturated heterocycles. The Hall–Kier alpha value is -0.790. The molecule has 8 atom stereocenters. The first-order valence-corrected chi connectivity index (χ1v) is 10.7. The van der Waals surface area contributed by atoms with Crippen LogP contribution in [0.5, 0.6) is 0 Å². The van der Waals surface area contributed by atoms with Gasteiger partial charge in [0.15, 0.2) is 0 Å². The zero-order valence-electron chi connectivity index (χ0n) is 16.2. The number of fused-ring (bicyclic) bond motifs is 5. The van der Waals surface area contributed by atoms with E-state index in [4.69, 9.17) is 0 Å². The van der Waals surface area contributed by atoms with E-state index in [0.29, 0.717) is 23.2 Å². The SMILES string of the molecule is C=C[C@H]1CCC2C3CC[C@H]4C[C@@H](CC(=O)O)CC[C@]4(C)C3CC[C@@]21C. The highest BCUT2D eigenvalue weighted by Crippen LogP contribution is 2.67. The molecule has 0 aromatic carbocycles. The van der Waals surface area contributed by atoms with E-state index in [9.17, 15) is 9.90 Å².